The average Bonchev–Trinajstić information content (AvgIpc) is 2.71. The molecule has 1 aromatic carbocycles. The van der Waals surface area contributed by atoms with Crippen molar-refractivity contribution >= 4 is 38.3 Å². The van der Waals surface area contributed by atoms with Crippen LogP contribution in [0, 0.1) is 6.92 Å². The summed E-state index contributed by atoms with van der Waals surface area (Å²) in [6, 6.07) is 1.95. The maximum absolute atomic E-state index is 6.30. The molecule has 1 heterocycles. The fourth-order valence-corrected chi connectivity index (χ4v) is 2.94. The summed E-state index contributed by atoms with van der Waals surface area (Å²) in [4.78, 5) is 4.52. The molecular formula is C12H15ClN2OS. The fraction of sp³-hybridized carbons (Fsp3) is 0.417. The molecule has 0 saturated heterocycles. The molecule has 0 amide bonds. The molecule has 92 valence electrons. The molecule has 0 bridgehead atoms. The van der Waals surface area contributed by atoms with Crippen LogP contribution in [0.5, 0.6) is 5.75 Å². The Hall–Kier alpha value is -1.000. The molecule has 0 atom stereocenters. The Balaban J connectivity index is 2.61. The third-order valence-corrected chi connectivity index (χ3v) is 4.01. The first-order valence-corrected chi connectivity index (χ1v) is 6.83. The minimum Gasteiger partial charge on any atom is -0.492 e. The Kier molecular flexibility index (Phi) is 3.74. The molecule has 17 heavy (non-hydrogen) atoms. The first-order valence-electron chi connectivity index (χ1n) is 5.63. The lowest BCUT2D eigenvalue weighted by atomic mass is 10.2. The standard InChI is InChI=1S/C12H15ClN2OS/c1-4-14-12-15-10-8(16-5-2)6-7(3)9(13)11(10)17-12/h6H,4-5H2,1-3H3,(H,14,15). The number of halogens is 1. The van der Waals surface area contributed by atoms with Crippen molar-refractivity contribution in [2.75, 3.05) is 18.5 Å². The Morgan fingerprint density at radius 1 is 1.47 bits per heavy atom. The van der Waals surface area contributed by atoms with Crippen LogP contribution in [0.3, 0.4) is 0 Å². The Morgan fingerprint density at radius 2 is 2.24 bits per heavy atom. The molecule has 0 aliphatic heterocycles. The highest BCUT2D eigenvalue weighted by atomic mass is 35.5. The summed E-state index contributed by atoms with van der Waals surface area (Å²) in [7, 11) is 0. The number of rotatable bonds is 4. The molecule has 2 rings (SSSR count). The van der Waals surface area contributed by atoms with E-state index in [0.29, 0.717) is 6.61 Å². The minimum absolute atomic E-state index is 0.629. The number of nitrogens with zero attached hydrogens (tertiary/aromatic N) is 1. The van der Waals surface area contributed by atoms with Crippen molar-refractivity contribution in [3.8, 4) is 5.75 Å². The van der Waals surface area contributed by atoms with Crippen LogP contribution in [0.1, 0.15) is 19.4 Å². The van der Waals surface area contributed by atoms with E-state index in [9.17, 15) is 0 Å². The molecule has 3 nitrogen and oxygen atoms in total. The zero-order valence-corrected chi connectivity index (χ0v) is 11.7. The van der Waals surface area contributed by atoms with Crippen molar-refractivity contribution in [3.63, 3.8) is 0 Å². The number of thiazole rings is 1. The largest absolute Gasteiger partial charge is 0.492 e. The van der Waals surface area contributed by atoms with Crippen LogP contribution >= 0.6 is 22.9 Å². The van der Waals surface area contributed by atoms with E-state index in [2.05, 4.69) is 10.3 Å². The summed E-state index contributed by atoms with van der Waals surface area (Å²) in [6.45, 7) is 7.47. The second kappa shape index (κ2) is 5.10. The van der Waals surface area contributed by atoms with Crippen molar-refractivity contribution in [2.24, 2.45) is 0 Å². The van der Waals surface area contributed by atoms with E-state index in [1.165, 1.54) is 0 Å². The predicted octanol–water partition coefficient (Wildman–Crippen LogP) is 4.09. The zero-order valence-electron chi connectivity index (χ0n) is 10.1. The lowest BCUT2D eigenvalue weighted by Crippen LogP contribution is -1.95. The summed E-state index contributed by atoms with van der Waals surface area (Å²) >= 11 is 7.87. The van der Waals surface area contributed by atoms with E-state index >= 15 is 0 Å². The van der Waals surface area contributed by atoms with Gasteiger partial charge in [-0.25, -0.2) is 4.98 Å². The normalized spacial score (nSPS) is 10.8. The molecule has 0 aliphatic rings. The first-order chi connectivity index (χ1) is 8.17. The molecule has 1 aromatic heterocycles. The molecule has 0 spiro atoms. The molecule has 0 unspecified atom stereocenters. The number of anilines is 1. The predicted molar refractivity (Wildman–Crippen MR) is 74.7 cm³/mol. The highest BCUT2D eigenvalue weighted by molar-refractivity contribution is 7.22. The summed E-state index contributed by atoms with van der Waals surface area (Å²) in [6.07, 6.45) is 0. The van der Waals surface area contributed by atoms with Crippen LogP contribution in [0.2, 0.25) is 5.02 Å². The van der Waals surface area contributed by atoms with Gasteiger partial charge in [0, 0.05) is 6.54 Å². The Labute approximate surface area is 110 Å². The van der Waals surface area contributed by atoms with Gasteiger partial charge in [0.2, 0.25) is 0 Å². The molecule has 0 fully saturated rings. The third-order valence-electron chi connectivity index (χ3n) is 2.38. The van der Waals surface area contributed by atoms with Crippen LogP contribution in [0.15, 0.2) is 6.07 Å². The number of ether oxygens (including phenoxy) is 1. The minimum atomic E-state index is 0.629. The molecule has 2 aromatic rings. The van der Waals surface area contributed by atoms with Gasteiger partial charge in [0.25, 0.3) is 0 Å². The van der Waals surface area contributed by atoms with Crippen molar-refractivity contribution in [1.82, 2.24) is 4.98 Å². The van der Waals surface area contributed by atoms with Crippen LogP contribution in [0.25, 0.3) is 10.2 Å². The highest BCUT2D eigenvalue weighted by Gasteiger charge is 2.14. The number of hydrogen-bond acceptors (Lipinski definition) is 4. The Morgan fingerprint density at radius 3 is 2.88 bits per heavy atom. The van der Waals surface area contributed by atoms with E-state index in [-0.39, 0.29) is 0 Å². The monoisotopic (exact) mass is 270 g/mol. The maximum Gasteiger partial charge on any atom is 0.183 e. The lowest BCUT2D eigenvalue weighted by Gasteiger charge is -2.06. The summed E-state index contributed by atoms with van der Waals surface area (Å²) in [5.74, 6) is 0.810. The number of aromatic nitrogens is 1. The van der Waals surface area contributed by atoms with Gasteiger partial charge in [0.15, 0.2) is 5.13 Å². The van der Waals surface area contributed by atoms with Gasteiger partial charge < -0.3 is 10.1 Å². The van der Waals surface area contributed by atoms with Crippen molar-refractivity contribution in [2.45, 2.75) is 20.8 Å². The molecule has 0 radical (unpaired) electrons. The number of hydrogen-bond donors (Lipinski definition) is 1. The van der Waals surface area contributed by atoms with Gasteiger partial charge in [-0.3, -0.25) is 0 Å². The van der Waals surface area contributed by atoms with Gasteiger partial charge >= 0.3 is 0 Å². The van der Waals surface area contributed by atoms with Gasteiger partial charge in [-0.2, -0.15) is 0 Å². The van der Waals surface area contributed by atoms with Crippen LogP contribution in [-0.4, -0.2) is 18.1 Å². The van der Waals surface area contributed by atoms with Gasteiger partial charge in [-0.15, -0.1) is 0 Å². The summed E-state index contributed by atoms with van der Waals surface area (Å²) in [5, 5.41) is 4.86. The summed E-state index contributed by atoms with van der Waals surface area (Å²) in [5.41, 5.74) is 1.87. The first kappa shape index (κ1) is 12.5. The topological polar surface area (TPSA) is 34.2 Å². The van der Waals surface area contributed by atoms with E-state index < -0.39 is 0 Å². The van der Waals surface area contributed by atoms with Crippen LogP contribution < -0.4 is 10.1 Å². The van der Waals surface area contributed by atoms with E-state index in [0.717, 1.165) is 38.2 Å². The number of nitrogens with one attached hydrogen (secondary N) is 1. The quantitative estimate of drug-likeness (QED) is 0.909. The van der Waals surface area contributed by atoms with Gasteiger partial charge in [0.05, 0.1) is 16.3 Å². The molecule has 0 aliphatic carbocycles. The Bertz CT molecular complexity index is 539. The molecule has 0 saturated carbocycles. The number of fused-ring (bicyclic) bond motifs is 1. The average molecular weight is 271 g/mol. The highest BCUT2D eigenvalue weighted by Crippen LogP contribution is 2.39. The van der Waals surface area contributed by atoms with Crippen molar-refractivity contribution < 1.29 is 4.74 Å². The number of aryl methyl sites for hydroxylation is 1. The molecular weight excluding hydrogens is 256 g/mol. The molecule has 5 heteroatoms. The smallest absolute Gasteiger partial charge is 0.183 e. The third kappa shape index (κ3) is 2.33. The van der Waals surface area contributed by atoms with Crippen molar-refractivity contribution in [1.29, 1.82) is 0 Å². The SMILES string of the molecule is CCNc1nc2c(OCC)cc(C)c(Cl)c2s1. The fourth-order valence-electron chi connectivity index (χ4n) is 1.64. The van der Waals surface area contributed by atoms with Crippen molar-refractivity contribution in [3.05, 3.63) is 16.7 Å². The second-order valence-corrected chi connectivity index (χ2v) is 5.04. The van der Waals surface area contributed by atoms with Crippen LogP contribution in [-0.2, 0) is 0 Å². The summed E-state index contributed by atoms with van der Waals surface area (Å²) < 4.78 is 6.60. The number of benzene rings is 1. The van der Waals surface area contributed by atoms with E-state index in [4.69, 9.17) is 16.3 Å². The van der Waals surface area contributed by atoms with Gasteiger partial charge in [-0.1, -0.05) is 22.9 Å². The molecule has 1 N–H and O–H groups in total. The van der Waals surface area contributed by atoms with E-state index in [1.54, 1.807) is 11.3 Å². The zero-order chi connectivity index (χ0) is 12.4. The van der Waals surface area contributed by atoms with Gasteiger partial charge in [-0.05, 0) is 32.4 Å². The second-order valence-electron chi connectivity index (χ2n) is 3.67. The maximum atomic E-state index is 6.30. The van der Waals surface area contributed by atoms with E-state index in [1.807, 2.05) is 26.8 Å². The lowest BCUT2D eigenvalue weighted by molar-refractivity contribution is 0.343. The van der Waals surface area contributed by atoms with Gasteiger partial charge in [0.1, 0.15) is 11.3 Å². The van der Waals surface area contributed by atoms with Crippen LogP contribution in [0.4, 0.5) is 5.13 Å².